The molecule has 4 nitrogen and oxygen atoms in total. The van der Waals surface area contributed by atoms with Gasteiger partial charge in [0.05, 0.1) is 23.3 Å². The van der Waals surface area contributed by atoms with E-state index in [0.717, 1.165) is 16.1 Å². The predicted octanol–water partition coefficient (Wildman–Crippen LogP) is 3.45. The molecule has 0 fully saturated rings. The molecule has 0 radical (unpaired) electrons. The van der Waals surface area contributed by atoms with Crippen LogP contribution >= 0.6 is 23.1 Å². The number of carbonyl (C=O) groups is 1. The molecule has 0 saturated carbocycles. The van der Waals surface area contributed by atoms with Crippen molar-refractivity contribution in [3.63, 3.8) is 0 Å². The Balaban J connectivity index is 2.07. The number of rotatable bonds is 5. The Morgan fingerprint density at radius 1 is 1.48 bits per heavy atom. The Morgan fingerprint density at radius 2 is 2.19 bits per heavy atom. The van der Waals surface area contributed by atoms with Gasteiger partial charge in [0.1, 0.15) is 5.82 Å². The SMILES string of the molecule is Cc1sc(NC(=O)CSCC#N)nc1-c1ccc(F)cc1. The molecule has 1 aromatic heterocycles. The molecule has 108 valence electrons. The average Bonchev–Trinajstić information content (AvgIpc) is 2.80. The van der Waals surface area contributed by atoms with Crippen LogP contribution in [0.15, 0.2) is 24.3 Å². The lowest BCUT2D eigenvalue weighted by Crippen LogP contribution is -2.14. The van der Waals surface area contributed by atoms with Crippen molar-refractivity contribution in [2.45, 2.75) is 6.92 Å². The summed E-state index contributed by atoms with van der Waals surface area (Å²) in [6.07, 6.45) is 0. The van der Waals surface area contributed by atoms with Gasteiger partial charge >= 0.3 is 0 Å². The van der Waals surface area contributed by atoms with Crippen LogP contribution in [0.3, 0.4) is 0 Å². The fraction of sp³-hybridized carbons (Fsp3) is 0.214. The summed E-state index contributed by atoms with van der Waals surface area (Å²) >= 11 is 2.62. The van der Waals surface area contributed by atoms with Crippen LogP contribution in [0.2, 0.25) is 0 Å². The van der Waals surface area contributed by atoms with Gasteiger partial charge in [-0.3, -0.25) is 4.79 Å². The molecule has 0 aliphatic rings. The molecule has 0 aliphatic heterocycles. The number of anilines is 1. The zero-order valence-electron chi connectivity index (χ0n) is 11.2. The summed E-state index contributed by atoms with van der Waals surface area (Å²) in [5.74, 6) is 0.0211. The van der Waals surface area contributed by atoms with E-state index >= 15 is 0 Å². The van der Waals surface area contributed by atoms with Gasteiger partial charge in [0, 0.05) is 10.4 Å². The van der Waals surface area contributed by atoms with E-state index in [1.54, 1.807) is 12.1 Å². The molecule has 21 heavy (non-hydrogen) atoms. The van der Waals surface area contributed by atoms with Crippen molar-refractivity contribution in [1.29, 1.82) is 5.26 Å². The molecule has 1 aromatic carbocycles. The van der Waals surface area contributed by atoms with Gasteiger partial charge in [0.2, 0.25) is 5.91 Å². The lowest BCUT2D eigenvalue weighted by molar-refractivity contribution is -0.113. The number of aryl methyl sites for hydroxylation is 1. The number of nitrogens with zero attached hydrogens (tertiary/aromatic N) is 2. The van der Waals surface area contributed by atoms with E-state index in [0.29, 0.717) is 5.13 Å². The minimum atomic E-state index is -0.297. The lowest BCUT2D eigenvalue weighted by Gasteiger charge is -1.99. The maximum absolute atomic E-state index is 12.9. The molecule has 0 aliphatic carbocycles. The summed E-state index contributed by atoms with van der Waals surface area (Å²) in [5, 5.41) is 11.6. The number of carbonyl (C=O) groups excluding carboxylic acids is 1. The van der Waals surface area contributed by atoms with Crippen molar-refractivity contribution in [1.82, 2.24) is 4.98 Å². The van der Waals surface area contributed by atoms with Crippen LogP contribution < -0.4 is 5.32 Å². The zero-order valence-corrected chi connectivity index (χ0v) is 12.9. The van der Waals surface area contributed by atoms with Gasteiger partial charge < -0.3 is 5.32 Å². The van der Waals surface area contributed by atoms with Crippen LogP contribution in [-0.2, 0) is 4.79 Å². The second-order valence-corrected chi connectivity index (χ2v) is 6.32. The van der Waals surface area contributed by atoms with Gasteiger partial charge in [0.15, 0.2) is 5.13 Å². The Morgan fingerprint density at radius 3 is 2.86 bits per heavy atom. The first-order valence-corrected chi connectivity index (χ1v) is 8.05. The minimum absolute atomic E-state index is 0.186. The van der Waals surface area contributed by atoms with E-state index in [1.165, 1.54) is 35.2 Å². The van der Waals surface area contributed by atoms with E-state index in [-0.39, 0.29) is 23.2 Å². The molecule has 1 amide bonds. The van der Waals surface area contributed by atoms with E-state index in [4.69, 9.17) is 5.26 Å². The van der Waals surface area contributed by atoms with Gasteiger partial charge in [-0.1, -0.05) is 0 Å². The van der Waals surface area contributed by atoms with Crippen LogP contribution in [0.5, 0.6) is 0 Å². The molecule has 2 aromatic rings. The highest BCUT2D eigenvalue weighted by Gasteiger charge is 2.12. The van der Waals surface area contributed by atoms with Crippen molar-refractivity contribution >= 4 is 34.1 Å². The second-order valence-electron chi connectivity index (χ2n) is 4.13. The monoisotopic (exact) mass is 321 g/mol. The van der Waals surface area contributed by atoms with Gasteiger partial charge in [-0.25, -0.2) is 9.37 Å². The highest BCUT2D eigenvalue weighted by molar-refractivity contribution is 8.00. The number of nitriles is 1. The lowest BCUT2D eigenvalue weighted by atomic mass is 10.1. The third-order valence-corrected chi connectivity index (χ3v) is 4.25. The number of hydrogen-bond acceptors (Lipinski definition) is 5. The van der Waals surface area contributed by atoms with Gasteiger partial charge in [0.25, 0.3) is 0 Å². The average molecular weight is 321 g/mol. The number of thioether (sulfide) groups is 1. The van der Waals surface area contributed by atoms with Crippen LogP contribution in [0.4, 0.5) is 9.52 Å². The Labute approximate surface area is 130 Å². The Kier molecular flexibility index (Phi) is 5.31. The predicted molar refractivity (Wildman–Crippen MR) is 83.8 cm³/mol. The molecule has 0 atom stereocenters. The summed E-state index contributed by atoms with van der Waals surface area (Å²) in [5.41, 5.74) is 1.55. The molecule has 1 N–H and O–H groups in total. The van der Waals surface area contributed by atoms with Crippen molar-refractivity contribution in [3.05, 3.63) is 35.0 Å². The smallest absolute Gasteiger partial charge is 0.236 e. The number of halogens is 1. The van der Waals surface area contributed by atoms with E-state index in [1.807, 2.05) is 13.0 Å². The van der Waals surface area contributed by atoms with Crippen LogP contribution in [0, 0.1) is 24.1 Å². The van der Waals surface area contributed by atoms with Crippen molar-refractivity contribution in [2.75, 3.05) is 16.8 Å². The largest absolute Gasteiger partial charge is 0.301 e. The second kappa shape index (κ2) is 7.20. The fourth-order valence-corrected chi connectivity index (χ4v) is 2.97. The molecule has 0 spiro atoms. The van der Waals surface area contributed by atoms with E-state index in [9.17, 15) is 9.18 Å². The Bertz CT molecular complexity index is 677. The van der Waals surface area contributed by atoms with E-state index in [2.05, 4.69) is 10.3 Å². The first kappa shape index (κ1) is 15.5. The summed E-state index contributed by atoms with van der Waals surface area (Å²) in [6, 6.07) is 8.04. The minimum Gasteiger partial charge on any atom is -0.301 e. The van der Waals surface area contributed by atoms with Crippen molar-refractivity contribution in [3.8, 4) is 17.3 Å². The number of aromatic nitrogens is 1. The number of hydrogen-bond donors (Lipinski definition) is 1. The summed E-state index contributed by atoms with van der Waals surface area (Å²) in [6.45, 7) is 1.90. The summed E-state index contributed by atoms with van der Waals surface area (Å²) in [7, 11) is 0. The third-order valence-electron chi connectivity index (χ3n) is 2.56. The molecule has 0 saturated heterocycles. The molecule has 0 bridgehead atoms. The van der Waals surface area contributed by atoms with Crippen molar-refractivity contribution < 1.29 is 9.18 Å². The summed E-state index contributed by atoms with van der Waals surface area (Å²) < 4.78 is 12.9. The maximum Gasteiger partial charge on any atom is 0.236 e. The Hall–Kier alpha value is -1.91. The number of nitrogens with one attached hydrogen (secondary N) is 1. The first-order chi connectivity index (χ1) is 10.1. The standard InChI is InChI=1S/C14H12FN3OS2/c1-9-13(10-2-4-11(15)5-3-10)18-14(21-9)17-12(19)8-20-7-6-16/h2-5H,7-8H2,1H3,(H,17,18,19). The van der Waals surface area contributed by atoms with Crippen LogP contribution in [0.1, 0.15) is 4.88 Å². The highest BCUT2D eigenvalue weighted by atomic mass is 32.2. The van der Waals surface area contributed by atoms with E-state index < -0.39 is 0 Å². The topological polar surface area (TPSA) is 65.8 Å². The molecule has 1 heterocycles. The molecule has 7 heteroatoms. The maximum atomic E-state index is 12.9. The van der Waals surface area contributed by atoms with Gasteiger partial charge in [-0.05, 0) is 31.2 Å². The molecule has 2 rings (SSSR count). The van der Waals surface area contributed by atoms with Gasteiger partial charge in [-0.15, -0.1) is 23.1 Å². The highest BCUT2D eigenvalue weighted by Crippen LogP contribution is 2.30. The molecule has 0 unspecified atom stereocenters. The molecular weight excluding hydrogens is 309 g/mol. The zero-order chi connectivity index (χ0) is 15.2. The quantitative estimate of drug-likeness (QED) is 0.857. The van der Waals surface area contributed by atoms with Crippen molar-refractivity contribution in [2.24, 2.45) is 0 Å². The number of benzene rings is 1. The molecular formula is C14H12FN3OS2. The first-order valence-electron chi connectivity index (χ1n) is 6.08. The normalized spacial score (nSPS) is 10.1. The summed E-state index contributed by atoms with van der Waals surface area (Å²) in [4.78, 5) is 17.0. The fourth-order valence-electron chi connectivity index (χ4n) is 1.67. The van der Waals surface area contributed by atoms with Gasteiger partial charge in [-0.2, -0.15) is 5.26 Å². The third kappa shape index (κ3) is 4.28. The van der Waals surface area contributed by atoms with Crippen LogP contribution in [0.25, 0.3) is 11.3 Å². The number of amides is 1. The van der Waals surface area contributed by atoms with Crippen LogP contribution in [-0.4, -0.2) is 22.4 Å². The number of thiazole rings is 1.